The Morgan fingerprint density at radius 3 is 1.61 bits per heavy atom. The molecule has 0 spiro atoms. The van der Waals surface area contributed by atoms with Crippen molar-refractivity contribution in [2.45, 2.75) is 84.8 Å². The molecule has 0 bridgehead atoms. The van der Waals surface area contributed by atoms with Gasteiger partial charge in [0.15, 0.2) is 11.5 Å². The molecule has 2 fully saturated rings. The highest BCUT2D eigenvalue weighted by Crippen LogP contribution is 2.30. The minimum Gasteiger partial charge on any atom is -0.491 e. The van der Waals surface area contributed by atoms with Crippen LogP contribution in [-0.2, 0) is 19.4 Å². The van der Waals surface area contributed by atoms with E-state index < -0.39 is 5.82 Å². The standard InChI is InChI=1S/C22H31FN4O2.C11H18N4/c1-4-16-13-24-22(25-14-16)26-18-7-9-27(10-8-18)15-17-11-19(28-5-2)21(23)20(12-17)29-6-3;1-2-9-7-13-11(14-8-9)15-10-3-5-12-6-4-10/h11-14,18H,4-10,15H2,1-3H3,(H,24,25,26);7-8,10,12H,2-6H2,1H3,(H,13,14,15). The summed E-state index contributed by atoms with van der Waals surface area (Å²) in [5.41, 5.74) is 3.33. The van der Waals surface area contributed by atoms with E-state index in [2.05, 4.69) is 54.6 Å². The molecule has 3 N–H and O–H groups in total. The molecular weight excluding hydrogens is 559 g/mol. The number of hydrogen-bond donors (Lipinski definition) is 3. The van der Waals surface area contributed by atoms with Gasteiger partial charge >= 0.3 is 0 Å². The van der Waals surface area contributed by atoms with Crippen LogP contribution in [0.2, 0.25) is 0 Å². The number of likely N-dealkylation sites (tertiary alicyclic amines) is 1. The number of aryl methyl sites for hydroxylation is 2. The average Bonchev–Trinajstić information content (AvgIpc) is 3.06. The summed E-state index contributed by atoms with van der Waals surface area (Å²) in [5, 5.41) is 10.1. The molecule has 1 aromatic carbocycles. The number of piperidine rings is 2. The van der Waals surface area contributed by atoms with Crippen molar-refractivity contribution in [2.75, 3.05) is 50.0 Å². The SMILES string of the molecule is CCOc1cc(CN2CCC(Nc3ncc(CC)cn3)CC2)cc(OCC)c1F.CCc1cnc(NC2CCNCC2)nc1. The van der Waals surface area contributed by atoms with Crippen molar-refractivity contribution in [2.24, 2.45) is 0 Å². The molecule has 0 atom stereocenters. The lowest BCUT2D eigenvalue weighted by Gasteiger charge is -2.32. The third-order valence-corrected chi connectivity index (χ3v) is 7.89. The highest BCUT2D eigenvalue weighted by molar-refractivity contribution is 5.40. The molecule has 11 heteroatoms. The van der Waals surface area contributed by atoms with Gasteiger partial charge in [-0.3, -0.25) is 4.90 Å². The number of benzene rings is 1. The number of nitrogens with zero attached hydrogens (tertiary/aromatic N) is 5. The lowest BCUT2D eigenvalue weighted by atomic mass is 10.0. The van der Waals surface area contributed by atoms with Crippen LogP contribution in [0.1, 0.15) is 70.1 Å². The maximum Gasteiger partial charge on any atom is 0.222 e. The number of anilines is 2. The summed E-state index contributed by atoms with van der Waals surface area (Å²) in [6, 6.07) is 4.47. The number of nitrogens with one attached hydrogen (secondary N) is 3. The number of rotatable bonds is 12. The average molecular weight is 609 g/mol. The summed E-state index contributed by atoms with van der Waals surface area (Å²) in [7, 11) is 0. The van der Waals surface area contributed by atoms with E-state index in [1.54, 1.807) is 12.1 Å². The molecule has 4 heterocycles. The van der Waals surface area contributed by atoms with Gasteiger partial charge in [-0.2, -0.15) is 4.39 Å². The second kappa shape index (κ2) is 17.7. The second-order valence-electron chi connectivity index (χ2n) is 11.2. The van der Waals surface area contributed by atoms with Crippen molar-refractivity contribution in [3.63, 3.8) is 0 Å². The van der Waals surface area contributed by atoms with Gasteiger partial charge in [0.1, 0.15) is 0 Å². The normalized spacial score (nSPS) is 16.1. The molecule has 240 valence electrons. The summed E-state index contributed by atoms with van der Waals surface area (Å²) < 4.78 is 25.3. The Hall–Kier alpha value is -3.57. The van der Waals surface area contributed by atoms with Gasteiger partial charge in [0, 0.05) is 56.5 Å². The largest absolute Gasteiger partial charge is 0.491 e. The Labute approximate surface area is 261 Å². The van der Waals surface area contributed by atoms with Crippen LogP contribution in [0, 0.1) is 5.82 Å². The van der Waals surface area contributed by atoms with Gasteiger partial charge in [0.05, 0.1) is 13.2 Å². The van der Waals surface area contributed by atoms with Crippen LogP contribution < -0.4 is 25.4 Å². The predicted molar refractivity (Wildman–Crippen MR) is 173 cm³/mol. The van der Waals surface area contributed by atoms with Gasteiger partial charge in [-0.05, 0) is 94.3 Å². The lowest BCUT2D eigenvalue weighted by molar-refractivity contribution is 0.210. The topological polar surface area (TPSA) is 109 Å². The van der Waals surface area contributed by atoms with Crippen molar-refractivity contribution < 1.29 is 13.9 Å². The fraction of sp³-hybridized carbons (Fsp3) is 0.576. The van der Waals surface area contributed by atoms with Crippen molar-refractivity contribution in [3.8, 4) is 11.5 Å². The highest BCUT2D eigenvalue weighted by Gasteiger charge is 2.21. The molecule has 10 nitrogen and oxygen atoms in total. The van der Waals surface area contributed by atoms with Gasteiger partial charge in [-0.15, -0.1) is 0 Å². The smallest absolute Gasteiger partial charge is 0.222 e. The number of aromatic nitrogens is 4. The maximum absolute atomic E-state index is 14.4. The molecule has 2 saturated heterocycles. The maximum atomic E-state index is 14.4. The Morgan fingerprint density at radius 1 is 0.727 bits per heavy atom. The summed E-state index contributed by atoms with van der Waals surface area (Å²) in [5.74, 6) is 1.56. The zero-order chi connectivity index (χ0) is 31.1. The van der Waals surface area contributed by atoms with E-state index in [-0.39, 0.29) is 11.5 Å². The van der Waals surface area contributed by atoms with Crippen molar-refractivity contribution >= 4 is 11.9 Å². The van der Waals surface area contributed by atoms with Crippen LogP contribution in [0.5, 0.6) is 11.5 Å². The predicted octanol–water partition coefficient (Wildman–Crippen LogP) is 5.25. The van der Waals surface area contributed by atoms with E-state index in [0.717, 1.165) is 88.3 Å². The lowest BCUT2D eigenvalue weighted by Crippen LogP contribution is -2.39. The zero-order valence-electron chi connectivity index (χ0n) is 26.7. The molecule has 5 rings (SSSR count). The van der Waals surface area contributed by atoms with Gasteiger partial charge in [0.2, 0.25) is 17.7 Å². The fourth-order valence-corrected chi connectivity index (χ4v) is 5.29. The van der Waals surface area contributed by atoms with Crippen LogP contribution >= 0.6 is 0 Å². The molecule has 2 aliphatic rings. The zero-order valence-corrected chi connectivity index (χ0v) is 26.7. The Morgan fingerprint density at radius 2 is 1.18 bits per heavy atom. The molecule has 0 unspecified atom stereocenters. The van der Waals surface area contributed by atoms with Crippen molar-refractivity contribution in [3.05, 3.63) is 59.4 Å². The molecular formula is C33H49FN8O2. The quantitative estimate of drug-likeness (QED) is 0.252. The van der Waals surface area contributed by atoms with E-state index in [9.17, 15) is 4.39 Å². The summed E-state index contributed by atoms with van der Waals surface area (Å²) in [6.07, 6.45) is 13.8. The van der Waals surface area contributed by atoms with Crippen molar-refractivity contribution in [1.29, 1.82) is 0 Å². The van der Waals surface area contributed by atoms with Gasteiger partial charge in [-0.25, -0.2) is 19.9 Å². The Balaban J connectivity index is 0.000000246. The minimum absolute atomic E-state index is 0.262. The molecule has 2 aliphatic heterocycles. The molecule has 3 aromatic rings. The van der Waals surface area contributed by atoms with Crippen molar-refractivity contribution in [1.82, 2.24) is 30.2 Å². The van der Waals surface area contributed by atoms with Crippen LogP contribution in [0.3, 0.4) is 0 Å². The molecule has 0 saturated carbocycles. The first kappa shape index (κ1) is 33.3. The fourth-order valence-electron chi connectivity index (χ4n) is 5.29. The van der Waals surface area contributed by atoms with Gasteiger partial charge < -0.3 is 25.4 Å². The molecule has 44 heavy (non-hydrogen) atoms. The monoisotopic (exact) mass is 608 g/mol. The van der Waals surface area contributed by atoms with E-state index >= 15 is 0 Å². The third kappa shape index (κ3) is 10.3. The minimum atomic E-state index is -0.422. The van der Waals surface area contributed by atoms with Crippen LogP contribution in [-0.4, -0.2) is 76.3 Å². The molecule has 2 aromatic heterocycles. The Kier molecular flexibility index (Phi) is 13.4. The van der Waals surface area contributed by atoms with Gasteiger partial charge in [-0.1, -0.05) is 13.8 Å². The second-order valence-corrected chi connectivity index (χ2v) is 11.2. The van der Waals surface area contributed by atoms with E-state index in [1.807, 2.05) is 38.6 Å². The van der Waals surface area contributed by atoms with E-state index in [4.69, 9.17) is 9.47 Å². The molecule has 0 amide bonds. The molecule has 0 aliphatic carbocycles. The first-order chi connectivity index (χ1) is 21.5. The first-order valence-corrected chi connectivity index (χ1v) is 16.2. The van der Waals surface area contributed by atoms with Crippen LogP contribution in [0.15, 0.2) is 36.9 Å². The summed E-state index contributed by atoms with van der Waals surface area (Å²) in [4.78, 5) is 19.8. The van der Waals surface area contributed by atoms with Crippen LogP contribution in [0.4, 0.5) is 16.3 Å². The number of ether oxygens (including phenoxy) is 2. The van der Waals surface area contributed by atoms with Crippen LogP contribution in [0.25, 0.3) is 0 Å². The van der Waals surface area contributed by atoms with E-state index in [1.165, 1.54) is 5.56 Å². The Bertz CT molecular complexity index is 1220. The third-order valence-electron chi connectivity index (χ3n) is 7.89. The van der Waals surface area contributed by atoms with E-state index in [0.29, 0.717) is 31.2 Å². The summed E-state index contributed by atoms with van der Waals surface area (Å²) >= 11 is 0. The number of hydrogen-bond acceptors (Lipinski definition) is 10. The first-order valence-electron chi connectivity index (χ1n) is 16.2. The molecule has 0 radical (unpaired) electrons. The summed E-state index contributed by atoms with van der Waals surface area (Å²) in [6.45, 7) is 13.6. The van der Waals surface area contributed by atoms with Gasteiger partial charge in [0.25, 0.3) is 0 Å². The highest BCUT2D eigenvalue weighted by atomic mass is 19.1. The number of halogens is 1.